The molecule has 0 saturated carbocycles. The summed E-state index contributed by atoms with van der Waals surface area (Å²) in [5, 5.41) is 3.50. The van der Waals surface area contributed by atoms with E-state index in [4.69, 9.17) is 0 Å². The molecule has 2 heterocycles. The number of fused-ring (bicyclic) bond motifs is 1. The average molecular weight is 287 g/mol. The van der Waals surface area contributed by atoms with Crippen molar-refractivity contribution < 1.29 is 4.79 Å². The van der Waals surface area contributed by atoms with Crippen molar-refractivity contribution in [1.29, 1.82) is 0 Å². The molecular formula is C17H25N3O. The predicted molar refractivity (Wildman–Crippen MR) is 84.0 cm³/mol. The van der Waals surface area contributed by atoms with Crippen molar-refractivity contribution in [1.82, 2.24) is 15.1 Å². The predicted octanol–water partition coefficient (Wildman–Crippen LogP) is 1.28. The molecule has 21 heavy (non-hydrogen) atoms. The number of rotatable bonds is 3. The van der Waals surface area contributed by atoms with E-state index >= 15 is 0 Å². The monoisotopic (exact) mass is 287 g/mol. The molecular weight excluding hydrogens is 262 g/mol. The van der Waals surface area contributed by atoms with Gasteiger partial charge in [0, 0.05) is 25.6 Å². The molecule has 1 N–H and O–H groups in total. The zero-order valence-electron chi connectivity index (χ0n) is 13.2. The van der Waals surface area contributed by atoms with Crippen molar-refractivity contribution in [3.8, 4) is 0 Å². The summed E-state index contributed by atoms with van der Waals surface area (Å²) in [6.07, 6.45) is 0. The van der Waals surface area contributed by atoms with Gasteiger partial charge in [0.2, 0.25) is 5.91 Å². The number of benzene rings is 1. The molecule has 0 radical (unpaired) electrons. The number of amides is 1. The minimum Gasteiger partial charge on any atom is -0.334 e. The Kier molecular flexibility index (Phi) is 4.00. The van der Waals surface area contributed by atoms with Crippen molar-refractivity contribution >= 4 is 5.91 Å². The van der Waals surface area contributed by atoms with Gasteiger partial charge in [0.15, 0.2) is 0 Å². The maximum atomic E-state index is 12.6. The van der Waals surface area contributed by atoms with Gasteiger partial charge in [-0.2, -0.15) is 0 Å². The number of nitrogens with zero attached hydrogens (tertiary/aromatic N) is 2. The van der Waals surface area contributed by atoms with Crippen LogP contribution in [0.3, 0.4) is 0 Å². The van der Waals surface area contributed by atoms with Gasteiger partial charge >= 0.3 is 0 Å². The Hall–Kier alpha value is -1.39. The summed E-state index contributed by atoms with van der Waals surface area (Å²) in [5.74, 6) is 1.40. The molecule has 2 saturated heterocycles. The molecule has 1 amide bonds. The smallest absolute Gasteiger partial charge is 0.237 e. The molecule has 3 rings (SSSR count). The maximum absolute atomic E-state index is 12.6. The minimum atomic E-state index is 0.235. The van der Waals surface area contributed by atoms with Gasteiger partial charge in [-0.3, -0.25) is 4.79 Å². The van der Waals surface area contributed by atoms with Crippen molar-refractivity contribution in [2.24, 2.45) is 11.8 Å². The lowest BCUT2D eigenvalue weighted by Crippen LogP contribution is -2.40. The molecule has 2 fully saturated rings. The van der Waals surface area contributed by atoms with Crippen molar-refractivity contribution in [3.63, 3.8) is 0 Å². The zero-order valence-corrected chi connectivity index (χ0v) is 13.2. The summed E-state index contributed by atoms with van der Waals surface area (Å²) in [6.45, 7) is 5.60. The summed E-state index contributed by atoms with van der Waals surface area (Å²) >= 11 is 0. The molecule has 2 aliphatic heterocycles. The van der Waals surface area contributed by atoms with Crippen LogP contribution in [0.15, 0.2) is 24.3 Å². The number of hydrogen-bond donors (Lipinski definition) is 1. The molecule has 0 aromatic heterocycles. The van der Waals surface area contributed by atoms with Crippen LogP contribution >= 0.6 is 0 Å². The molecule has 2 aliphatic rings. The van der Waals surface area contributed by atoms with E-state index in [0.717, 1.165) is 19.6 Å². The van der Waals surface area contributed by atoms with Crippen LogP contribution in [-0.2, 0) is 4.79 Å². The van der Waals surface area contributed by atoms with Crippen LogP contribution in [0.1, 0.15) is 17.2 Å². The van der Waals surface area contributed by atoms with Crippen LogP contribution in [-0.4, -0.2) is 56.0 Å². The first kappa shape index (κ1) is 14.5. The zero-order chi connectivity index (χ0) is 15.0. The first-order valence-corrected chi connectivity index (χ1v) is 7.78. The normalized spacial score (nSPS) is 28.2. The van der Waals surface area contributed by atoms with E-state index in [0.29, 0.717) is 18.4 Å². The number of likely N-dealkylation sites (N-methyl/N-ethyl adjacent to an activating group) is 1. The van der Waals surface area contributed by atoms with E-state index in [-0.39, 0.29) is 11.9 Å². The Morgan fingerprint density at radius 3 is 2.81 bits per heavy atom. The van der Waals surface area contributed by atoms with Crippen LogP contribution in [0.2, 0.25) is 0 Å². The fourth-order valence-electron chi connectivity index (χ4n) is 3.86. The fraction of sp³-hybridized carbons (Fsp3) is 0.588. The molecule has 0 spiro atoms. The molecule has 4 nitrogen and oxygen atoms in total. The van der Waals surface area contributed by atoms with Crippen LogP contribution in [0.4, 0.5) is 0 Å². The van der Waals surface area contributed by atoms with Crippen molar-refractivity contribution in [2.45, 2.75) is 13.0 Å². The van der Waals surface area contributed by atoms with Gasteiger partial charge in [-0.25, -0.2) is 0 Å². The van der Waals surface area contributed by atoms with Gasteiger partial charge in [0.25, 0.3) is 0 Å². The molecule has 3 atom stereocenters. The molecule has 0 bridgehead atoms. The second kappa shape index (κ2) is 5.78. The Labute approximate surface area is 127 Å². The second-order valence-corrected chi connectivity index (χ2v) is 6.67. The molecule has 1 aromatic carbocycles. The SMILES string of the molecule is Cc1ccccc1[C@H]1[C@@H]2CNC[C@@H]2CN1C(=O)CN(C)C. The third-order valence-electron chi connectivity index (χ3n) is 4.84. The summed E-state index contributed by atoms with van der Waals surface area (Å²) in [5.41, 5.74) is 2.61. The second-order valence-electron chi connectivity index (χ2n) is 6.67. The van der Waals surface area contributed by atoms with Crippen LogP contribution < -0.4 is 5.32 Å². The van der Waals surface area contributed by atoms with Crippen LogP contribution in [0.5, 0.6) is 0 Å². The lowest BCUT2D eigenvalue weighted by Gasteiger charge is -2.30. The summed E-state index contributed by atoms with van der Waals surface area (Å²) in [6, 6.07) is 8.74. The first-order chi connectivity index (χ1) is 10.1. The van der Waals surface area contributed by atoms with E-state index < -0.39 is 0 Å². The molecule has 0 unspecified atom stereocenters. The standard InChI is InChI=1S/C17H25N3O/c1-12-6-4-5-7-14(12)17-15-9-18-8-13(15)10-20(17)16(21)11-19(2)3/h4-7,13,15,17-18H,8-11H2,1-3H3/t13-,15-,17+/m1/s1. The summed E-state index contributed by atoms with van der Waals surface area (Å²) in [4.78, 5) is 16.7. The van der Waals surface area contributed by atoms with Crippen LogP contribution in [0, 0.1) is 18.8 Å². The fourth-order valence-corrected chi connectivity index (χ4v) is 3.86. The van der Waals surface area contributed by atoms with E-state index in [1.165, 1.54) is 11.1 Å². The lowest BCUT2D eigenvalue weighted by atomic mass is 9.87. The number of likely N-dealkylation sites (tertiary alicyclic amines) is 1. The number of carbonyl (C=O) groups excluding carboxylic acids is 1. The highest BCUT2D eigenvalue weighted by Crippen LogP contribution is 2.43. The van der Waals surface area contributed by atoms with E-state index in [2.05, 4.69) is 41.4 Å². The highest BCUT2D eigenvalue weighted by molar-refractivity contribution is 5.79. The Balaban J connectivity index is 1.92. The molecule has 4 heteroatoms. The van der Waals surface area contributed by atoms with Crippen LogP contribution in [0.25, 0.3) is 0 Å². The number of hydrogen-bond acceptors (Lipinski definition) is 3. The lowest BCUT2D eigenvalue weighted by molar-refractivity contribution is -0.133. The van der Waals surface area contributed by atoms with Gasteiger partial charge in [0.05, 0.1) is 12.6 Å². The Morgan fingerprint density at radius 2 is 2.10 bits per heavy atom. The highest BCUT2D eigenvalue weighted by atomic mass is 16.2. The van der Waals surface area contributed by atoms with Gasteiger partial charge in [0.1, 0.15) is 0 Å². The third-order valence-corrected chi connectivity index (χ3v) is 4.84. The maximum Gasteiger partial charge on any atom is 0.237 e. The topological polar surface area (TPSA) is 35.6 Å². The van der Waals surface area contributed by atoms with E-state index in [9.17, 15) is 4.79 Å². The van der Waals surface area contributed by atoms with E-state index in [1.807, 2.05) is 19.0 Å². The molecule has 1 aromatic rings. The van der Waals surface area contributed by atoms with Gasteiger partial charge in [-0.15, -0.1) is 0 Å². The highest BCUT2D eigenvalue weighted by Gasteiger charge is 2.46. The van der Waals surface area contributed by atoms with Gasteiger partial charge in [-0.05, 0) is 38.1 Å². The number of carbonyl (C=O) groups is 1. The number of aryl methyl sites for hydroxylation is 1. The van der Waals surface area contributed by atoms with Crippen molar-refractivity contribution in [3.05, 3.63) is 35.4 Å². The summed E-state index contributed by atoms with van der Waals surface area (Å²) < 4.78 is 0. The van der Waals surface area contributed by atoms with Gasteiger partial charge < -0.3 is 15.1 Å². The summed E-state index contributed by atoms with van der Waals surface area (Å²) in [7, 11) is 3.91. The van der Waals surface area contributed by atoms with E-state index in [1.54, 1.807) is 0 Å². The average Bonchev–Trinajstić information content (AvgIpc) is 2.99. The Morgan fingerprint density at radius 1 is 1.33 bits per heavy atom. The molecule has 0 aliphatic carbocycles. The first-order valence-electron chi connectivity index (χ1n) is 7.78. The quantitative estimate of drug-likeness (QED) is 0.909. The van der Waals surface area contributed by atoms with Crippen molar-refractivity contribution in [2.75, 3.05) is 40.3 Å². The Bertz CT molecular complexity index is 529. The minimum absolute atomic E-state index is 0.235. The largest absolute Gasteiger partial charge is 0.334 e. The molecule has 114 valence electrons. The van der Waals surface area contributed by atoms with Gasteiger partial charge in [-0.1, -0.05) is 24.3 Å². The third kappa shape index (κ3) is 2.70. The number of nitrogens with one attached hydrogen (secondary N) is 1.